The standard InChI is InChI=1S/C14H21F2N/c1-3-5-13(4-2)17-10-11-6-8-12(9-7-11)14(15)16/h6-9,13-14,17H,3-5,10H2,1-2H3. The van der Waals surface area contributed by atoms with Crippen LogP contribution in [-0.2, 0) is 6.54 Å². The summed E-state index contributed by atoms with van der Waals surface area (Å²) in [4.78, 5) is 0. The van der Waals surface area contributed by atoms with Gasteiger partial charge in [-0.15, -0.1) is 0 Å². The molecule has 96 valence electrons. The van der Waals surface area contributed by atoms with Gasteiger partial charge in [0.05, 0.1) is 0 Å². The zero-order valence-corrected chi connectivity index (χ0v) is 10.5. The molecule has 0 aliphatic rings. The van der Waals surface area contributed by atoms with E-state index in [0.717, 1.165) is 31.4 Å². The van der Waals surface area contributed by atoms with Crippen molar-refractivity contribution in [2.75, 3.05) is 0 Å². The van der Waals surface area contributed by atoms with Crippen LogP contribution in [-0.4, -0.2) is 6.04 Å². The van der Waals surface area contributed by atoms with Gasteiger partial charge in [0, 0.05) is 18.2 Å². The lowest BCUT2D eigenvalue weighted by Gasteiger charge is -2.16. The van der Waals surface area contributed by atoms with Gasteiger partial charge >= 0.3 is 0 Å². The van der Waals surface area contributed by atoms with Crippen LogP contribution in [0.15, 0.2) is 24.3 Å². The maximum absolute atomic E-state index is 12.4. The molecule has 0 spiro atoms. The molecule has 17 heavy (non-hydrogen) atoms. The Labute approximate surface area is 102 Å². The quantitative estimate of drug-likeness (QED) is 0.750. The molecule has 0 saturated carbocycles. The summed E-state index contributed by atoms with van der Waals surface area (Å²) in [7, 11) is 0. The van der Waals surface area contributed by atoms with Gasteiger partial charge in [0.2, 0.25) is 0 Å². The second-order valence-corrected chi connectivity index (χ2v) is 4.32. The average molecular weight is 241 g/mol. The van der Waals surface area contributed by atoms with Gasteiger partial charge in [-0.2, -0.15) is 0 Å². The van der Waals surface area contributed by atoms with Gasteiger partial charge in [0.1, 0.15) is 0 Å². The van der Waals surface area contributed by atoms with E-state index < -0.39 is 6.43 Å². The number of halogens is 2. The van der Waals surface area contributed by atoms with Crippen LogP contribution in [0.4, 0.5) is 8.78 Å². The predicted octanol–water partition coefficient (Wildman–Crippen LogP) is 4.29. The van der Waals surface area contributed by atoms with Gasteiger partial charge in [-0.1, -0.05) is 44.5 Å². The Balaban J connectivity index is 2.46. The smallest absolute Gasteiger partial charge is 0.263 e. The van der Waals surface area contributed by atoms with E-state index in [9.17, 15) is 8.78 Å². The Bertz CT molecular complexity index is 309. The monoisotopic (exact) mass is 241 g/mol. The lowest BCUT2D eigenvalue weighted by atomic mass is 10.1. The van der Waals surface area contributed by atoms with Crippen molar-refractivity contribution in [3.8, 4) is 0 Å². The third-order valence-electron chi connectivity index (χ3n) is 2.96. The third-order valence-corrected chi connectivity index (χ3v) is 2.96. The largest absolute Gasteiger partial charge is 0.310 e. The summed E-state index contributed by atoms with van der Waals surface area (Å²) in [6.07, 6.45) is 1.05. The molecule has 1 atom stereocenters. The molecular formula is C14H21F2N. The minimum Gasteiger partial charge on any atom is -0.310 e. The maximum atomic E-state index is 12.4. The number of nitrogens with one attached hydrogen (secondary N) is 1. The van der Waals surface area contributed by atoms with Crippen LogP contribution in [0.3, 0.4) is 0 Å². The first-order chi connectivity index (χ1) is 8.17. The highest BCUT2D eigenvalue weighted by molar-refractivity contribution is 5.23. The third kappa shape index (κ3) is 4.82. The van der Waals surface area contributed by atoms with Crippen LogP contribution in [0.1, 0.15) is 50.7 Å². The molecule has 1 N–H and O–H groups in total. The Morgan fingerprint density at radius 2 is 1.76 bits per heavy atom. The van der Waals surface area contributed by atoms with Crippen LogP contribution in [0.25, 0.3) is 0 Å². The zero-order valence-electron chi connectivity index (χ0n) is 10.5. The summed E-state index contributed by atoms with van der Waals surface area (Å²) < 4.78 is 24.7. The molecule has 1 unspecified atom stereocenters. The summed E-state index contributed by atoms with van der Waals surface area (Å²) in [6.45, 7) is 5.08. The normalized spacial score (nSPS) is 13.0. The van der Waals surface area contributed by atoms with E-state index in [1.807, 2.05) is 0 Å². The fourth-order valence-electron chi connectivity index (χ4n) is 1.84. The van der Waals surface area contributed by atoms with Gasteiger partial charge in [-0.25, -0.2) is 8.78 Å². The molecular weight excluding hydrogens is 220 g/mol. The summed E-state index contributed by atoms with van der Waals surface area (Å²) in [5, 5.41) is 3.45. The second kappa shape index (κ2) is 7.38. The van der Waals surface area contributed by atoms with Crippen molar-refractivity contribution < 1.29 is 8.78 Å². The van der Waals surface area contributed by atoms with Crippen molar-refractivity contribution in [1.29, 1.82) is 0 Å². The Hall–Kier alpha value is -0.960. The lowest BCUT2D eigenvalue weighted by Crippen LogP contribution is -2.27. The first-order valence-corrected chi connectivity index (χ1v) is 6.27. The fraction of sp³-hybridized carbons (Fsp3) is 0.571. The highest BCUT2D eigenvalue weighted by atomic mass is 19.3. The van der Waals surface area contributed by atoms with Crippen LogP contribution < -0.4 is 5.32 Å². The minimum absolute atomic E-state index is 0.0920. The van der Waals surface area contributed by atoms with Crippen LogP contribution in [0.5, 0.6) is 0 Å². The van der Waals surface area contributed by atoms with E-state index in [-0.39, 0.29) is 5.56 Å². The van der Waals surface area contributed by atoms with E-state index in [1.165, 1.54) is 12.1 Å². The second-order valence-electron chi connectivity index (χ2n) is 4.32. The van der Waals surface area contributed by atoms with Crippen molar-refractivity contribution in [3.63, 3.8) is 0 Å². The van der Waals surface area contributed by atoms with E-state index in [0.29, 0.717) is 6.04 Å². The first-order valence-electron chi connectivity index (χ1n) is 6.27. The van der Waals surface area contributed by atoms with Crippen molar-refractivity contribution in [3.05, 3.63) is 35.4 Å². The van der Waals surface area contributed by atoms with Crippen molar-refractivity contribution in [1.82, 2.24) is 5.32 Å². The molecule has 0 aromatic heterocycles. The van der Waals surface area contributed by atoms with Gasteiger partial charge in [0.25, 0.3) is 6.43 Å². The number of hydrogen-bond acceptors (Lipinski definition) is 1. The molecule has 0 saturated heterocycles. The molecule has 0 fully saturated rings. The fourth-order valence-corrected chi connectivity index (χ4v) is 1.84. The van der Waals surface area contributed by atoms with E-state index in [2.05, 4.69) is 19.2 Å². The highest BCUT2D eigenvalue weighted by Gasteiger charge is 2.07. The van der Waals surface area contributed by atoms with Gasteiger partial charge in [-0.3, -0.25) is 0 Å². The van der Waals surface area contributed by atoms with E-state index >= 15 is 0 Å². The lowest BCUT2D eigenvalue weighted by molar-refractivity contribution is 0.151. The van der Waals surface area contributed by atoms with Crippen LogP contribution in [0.2, 0.25) is 0 Å². The Morgan fingerprint density at radius 1 is 1.12 bits per heavy atom. The van der Waals surface area contributed by atoms with Crippen molar-refractivity contribution >= 4 is 0 Å². The molecule has 0 aliphatic heterocycles. The molecule has 1 aromatic carbocycles. The minimum atomic E-state index is -2.37. The molecule has 1 nitrogen and oxygen atoms in total. The number of benzene rings is 1. The molecule has 0 aliphatic carbocycles. The molecule has 3 heteroatoms. The Morgan fingerprint density at radius 3 is 2.24 bits per heavy atom. The SMILES string of the molecule is CCCC(CC)NCc1ccc(C(F)F)cc1. The van der Waals surface area contributed by atoms with Crippen LogP contribution in [0, 0.1) is 0 Å². The molecule has 0 heterocycles. The predicted molar refractivity (Wildman–Crippen MR) is 67.2 cm³/mol. The summed E-state index contributed by atoms with van der Waals surface area (Å²) >= 11 is 0. The zero-order chi connectivity index (χ0) is 12.7. The molecule has 1 rings (SSSR count). The molecule has 0 bridgehead atoms. The van der Waals surface area contributed by atoms with E-state index in [4.69, 9.17) is 0 Å². The van der Waals surface area contributed by atoms with Gasteiger partial charge in [-0.05, 0) is 18.4 Å². The van der Waals surface area contributed by atoms with Crippen LogP contribution >= 0.6 is 0 Å². The Kier molecular flexibility index (Phi) is 6.12. The maximum Gasteiger partial charge on any atom is 0.263 e. The molecule has 0 amide bonds. The van der Waals surface area contributed by atoms with Gasteiger partial charge in [0.15, 0.2) is 0 Å². The van der Waals surface area contributed by atoms with Crippen molar-refractivity contribution in [2.45, 2.75) is 52.1 Å². The van der Waals surface area contributed by atoms with Crippen molar-refractivity contribution in [2.24, 2.45) is 0 Å². The number of hydrogen-bond donors (Lipinski definition) is 1. The number of rotatable bonds is 7. The summed E-state index contributed by atoms with van der Waals surface area (Å²) in [5.74, 6) is 0. The van der Waals surface area contributed by atoms with Gasteiger partial charge < -0.3 is 5.32 Å². The average Bonchev–Trinajstić information content (AvgIpc) is 2.35. The first kappa shape index (κ1) is 14.1. The number of alkyl halides is 2. The summed E-state index contributed by atoms with van der Waals surface area (Å²) in [6, 6.07) is 7.07. The summed E-state index contributed by atoms with van der Waals surface area (Å²) in [5.41, 5.74) is 1.15. The topological polar surface area (TPSA) is 12.0 Å². The highest BCUT2D eigenvalue weighted by Crippen LogP contribution is 2.18. The molecule has 1 aromatic rings. The molecule has 0 radical (unpaired) electrons. The van der Waals surface area contributed by atoms with E-state index in [1.54, 1.807) is 12.1 Å².